The van der Waals surface area contributed by atoms with Gasteiger partial charge >= 0.3 is 0 Å². The van der Waals surface area contributed by atoms with Gasteiger partial charge in [0.1, 0.15) is 5.76 Å². The van der Waals surface area contributed by atoms with Crippen LogP contribution in [-0.2, 0) is 0 Å². The molecule has 1 saturated carbocycles. The van der Waals surface area contributed by atoms with E-state index in [0.29, 0.717) is 17.5 Å². The summed E-state index contributed by atoms with van der Waals surface area (Å²) in [6, 6.07) is 2.00. The maximum absolute atomic E-state index is 12.3. The van der Waals surface area contributed by atoms with Gasteiger partial charge in [-0.2, -0.15) is 0 Å². The molecule has 1 aromatic heterocycles. The van der Waals surface area contributed by atoms with Gasteiger partial charge in [-0.05, 0) is 24.2 Å². The molecule has 1 N–H and O–H groups in total. The molecular formula is C17H27N3O2. The fourth-order valence-electron chi connectivity index (χ4n) is 3.25. The third kappa shape index (κ3) is 3.69. The molecular weight excluding hydrogens is 278 g/mol. The van der Waals surface area contributed by atoms with Crippen molar-refractivity contribution in [1.29, 1.82) is 0 Å². The first-order valence-electron chi connectivity index (χ1n) is 8.32. The Bertz CT molecular complexity index is 542. The van der Waals surface area contributed by atoms with Crippen molar-refractivity contribution < 1.29 is 9.32 Å². The zero-order valence-corrected chi connectivity index (χ0v) is 14.1. The molecule has 0 aromatic carbocycles. The van der Waals surface area contributed by atoms with Gasteiger partial charge in [0.15, 0.2) is 5.69 Å². The van der Waals surface area contributed by atoms with E-state index in [0.717, 1.165) is 38.2 Å². The summed E-state index contributed by atoms with van der Waals surface area (Å²) in [6.45, 7) is 12.0. The molecule has 5 heteroatoms. The van der Waals surface area contributed by atoms with Crippen molar-refractivity contribution in [3.05, 3.63) is 17.5 Å². The van der Waals surface area contributed by atoms with E-state index in [1.54, 1.807) is 6.07 Å². The summed E-state index contributed by atoms with van der Waals surface area (Å²) in [6.07, 6.45) is 2.30. The molecule has 0 bridgehead atoms. The monoisotopic (exact) mass is 305 g/mol. The number of carbonyl (C=O) groups is 1. The van der Waals surface area contributed by atoms with Crippen molar-refractivity contribution in [2.75, 3.05) is 19.6 Å². The first kappa shape index (κ1) is 15.5. The summed E-state index contributed by atoms with van der Waals surface area (Å²) in [5, 5.41) is 7.05. The van der Waals surface area contributed by atoms with Crippen molar-refractivity contribution in [2.45, 2.75) is 52.5 Å². The molecule has 2 fully saturated rings. The molecule has 0 unspecified atom stereocenters. The Balaban J connectivity index is 1.56. The van der Waals surface area contributed by atoms with Gasteiger partial charge in [-0.15, -0.1) is 0 Å². The van der Waals surface area contributed by atoms with Gasteiger partial charge in [-0.3, -0.25) is 4.79 Å². The number of rotatable bonds is 4. The smallest absolute Gasteiger partial charge is 0.273 e. The Morgan fingerprint density at radius 2 is 2.14 bits per heavy atom. The van der Waals surface area contributed by atoms with Crippen LogP contribution in [0.2, 0.25) is 0 Å². The van der Waals surface area contributed by atoms with E-state index in [1.165, 1.54) is 0 Å². The molecule has 22 heavy (non-hydrogen) atoms. The molecule has 1 saturated heterocycles. The van der Waals surface area contributed by atoms with Crippen molar-refractivity contribution >= 4 is 5.91 Å². The summed E-state index contributed by atoms with van der Waals surface area (Å²) in [5.74, 6) is 1.70. The zero-order chi connectivity index (χ0) is 15.9. The zero-order valence-electron chi connectivity index (χ0n) is 14.1. The Hall–Kier alpha value is -1.36. The number of amides is 1. The van der Waals surface area contributed by atoms with Crippen LogP contribution in [0.4, 0.5) is 0 Å². The molecule has 3 rings (SSSR count). The molecule has 1 aliphatic carbocycles. The fourth-order valence-corrected chi connectivity index (χ4v) is 3.25. The average Bonchev–Trinajstić information content (AvgIpc) is 3.03. The van der Waals surface area contributed by atoms with E-state index in [2.05, 4.69) is 43.1 Å². The van der Waals surface area contributed by atoms with Crippen molar-refractivity contribution in [1.82, 2.24) is 15.4 Å². The maximum atomic E-state index is 12.3. The topological polar surface area (TPSA) is 58.4 Å². The number of hydrogen-bond donors (Lipinski definition) is 1. The second kappa shape index (κ2) is 5.69. The van der Waals surface area contributed by atoms with Crippen LogP contribution in [0.5, 0.6) is 0 Å². The Kier molecular flexibility index (Phi) is 4.02. The summed E-state index contributed by atoms with van der Waals surface area (Å²) in [4.78, 5) is 14.8. The van der Waals surface area contributed by atoms with Crippen LogP contribution in [0.25, 0.3) is 0 Å². The molecule has 2 heterocycles. The van der Waals surface area contributed by atoms with Gasteiger partial charge in [0, 0.05) is 37.7 Å². The number of likely N-dealkylation sites (tertiary alicyclic amines) is 1. The molecule has 1 aliphatic heterocycles. The van der Waals surface area contributed by atoms with Gasteiger partial charge in [-0.1, -0.05) is 32.9 Å². The van der Waals surface area contributed by atoms with E-state index in [-0.39, 0.29) is 17.4 Å². The number of nitrogens with zero attached hydrogens (tertiary/aromatic N) is 2. The van der Waals surface area contributed by atoms with Gasteiger partial charge in [0.25, 0.3) is 5.91 Å². The highest BCUT2D eigenvalue weighted by Gasteiger charge is 2.34. The quantitative estimate of drug-likeness (QED) is 0.929. The van der Waals surface area contributed by atoms with Crippen LogP contribution in [0.1, 0.15) is 62.7 Å². The lowest BCUT2D eigenvalue weighted by Crippen LogP contribution is -2.40. The van der Waals surface area contributed by atoms with Gasteiger partial charge < -0.3 is 14.7 Å². The first-order valence-corrected chi connectivity index (χ1v) is 8.32. The minimum atomic E-state index is -0.106. The van der Waals surface area contributed by atoms with Crippen molar-refractivity contribution in [2.24, 2.45) is 11.3 Å². The number of carbonyl (C=O) groups excluding carboxylic acids is 1. The van der Waals surface area contributed by atoms with Crippen LogP contribution in [-0.4, -0.2) is 41.6 Å². The molecule has 2 atom stereocenters. The fraction of sp³-hybridized carbons (Fsp3) is 0.765. The van der Waals surface area contributed by atoms with E-state index in [9.17, 15) is 4.79 Å². The molecule has 122 valence electrons. The van der Waals surface area contributed by atoms with Gasteiger partial charge in [0.05, 0.1) is 0 Å². The highest BCUT2D eigenvalue weighted by molar-refractivity contribution is 5.92. The summed E-state index contributed by atoms with van der Waals surface area (Å²) >= 11 is 0. The minimum absolute atomic E-state index is 0.106. The van der Waals surface area contributed by atoms with Crippen LogP contribution in [0, 0.1) is 11.3 Å². The lowest BCUT2D eigenvalue weighted by atomic mass is 9.96. The number of aromatic nitrogens is 1. The molecule has 1 aromatic rings. The normalized spacial score (nSPS) is 26.4. The van der Waals surface area contributed by atoms with Crippen molar-refractivity contribution in [3.8, 4) is 0 Å². The average molecular weight is 305 g/mol. The largest absolute Gasteiger partial charge is 0.360 e. The SMILES string of the molecule is C[C@@H]1CN(CC(C)(C)C)C[C@@H]1NC(=O)c1cc(C2CC2)on1. The third-order valence-corrected chi connectivity index (χ3v) is 4.44. The van der Waals surface area contributed by atoms with E-state index >= 15 is 0 Å². The van der Waals surface area contributed by atoms with Gasteiger partial charge in [0.2, 0.25) is 0 Å². The predicted molar refractivity (Wildman–Crippen MR) is 84.8 cm³/mol. The molecule has 0 spiro atoms. The maximum Gasteiger partial charge on any atom is 0.273 e. The second-order valence-corrected chi connectivity index (χ2v) is 8.20. The summed E-state index contributed by atoms with van der Waals surface area (Å²) in [5.41, 5.74) is 0.701. The van der Waals surface area contributed by atoms with E-state index < -0.39 is 0 Å². The Morgan fingerprint density at radius 3 is 2.77 bits per heavy atom. The lowest BCUT2D eigenvalue weighted by molar-refractivity contribution is 0.0921. The minimum Gasteiger partial charge on any atom is -0.360 e. The highest BCUT2D eigenvalue weighted by atomic mass is 16.5. The van der Waals surface area contributed by atoms with Crippen LogP contribution in [0.15, 0.2) is 10.6 Å². The third-order valence-electron chi connectivity index (χ3n) is 4.44. The summed E-state index contributed by atoms with van der Waals surface area (Å²) in [7, 11) is 0. The first-order chi connectivity index (χ1) is 10.3. The lowest BCUT2D eigenvalue weighted by Gasteiger charge is -2.26. The van der Waals surface area contributed by atoms with Gasteiger partial charge in [-0.25, -0.2) is 0 Å². The number of hydrogen-bond acceptors (Lipinski definition) is 4. The van der Waals surface area contributed by atoms with E-state index in [1.807, 2.05) is 0 Å². The van der Waals surface area contributed by atoms with Crippen LogP contribution >= 0.6 is 0 Å². The molecule has 5 nitrogen and oxygen atoms in total. The standard InChI is InChI=1S/C17H27N3O2/c1-11-8-20(10-17(2,3)4)9-14(11)18-16(21)13-7-15(22-19-13)12-5-6-12/h7,11-12,14H,5-6,8-10H2,1-4H3,(H,18,21)/t11-,14+/m1/s1. The van der Waals surface area contributed by atoms with Crippen LogP contribution < -0.4 is 5.32 Å². The highest BCUT2D eigenvalue weighted by Crippen LogP contribution is 2.40. The Labute approximate surface area is 132 Å². The Morgan fingerprint density at radius 1 is 1.41 bits per heavy atom. The molecule has 0 radical (unpaired) electrons. The molecule has 1 amide bonds. The van der Waals surface area contributed by atoms with E-state index in [4.69, 9.17) is 4.52 Å². The van der Waals surface area contributed by atoms with Crippen molar-refractivity contribution in [3.63, 3.8) is 0 Å². The van der Waals surface area contributed by atoms with Crippen LogP contribution in [0.3, 0.4) is 0 Å². The summed E-state index contributed by atoms with van der Waals surface area (Å²) < 4.78 is 5.27. The molecule has 2 aliphatic rings. The predicted octanol–water partition coefficient (Wildman–Crippen LogP) is 2.65. The number of nitrogens with one attached hydrogen (secondary N) is 1. The second-order valence-electron chi connectivity index (χ2n) is 8.20.